The summed E-state index contributed by atoms with van der Waals surface area (Å²) >= 11 is 0. The van der Waals surface area contributed by atoms with Crippen LogP contribution in [-0.2, 0) is 9.59 Å². The molecule has 0 bridgehead atoms. The molecule has 20 heavy (non-hydrogen) atoms. The molecule has 0 unspecified atom stereocenters. The number of carbonyl (C=O) groups excluding carboxylic acids is 2. The highest BCUT2D eigenvalue weighted by Crippen LogP contribution is 2.21. The van der Waals surface area contributed by atoms with E-state index in [-0.39, 0.29) is 19.4 Å². The average Bonchev–Trinajstić information content (AvgIpc) is 2.32. The van der Waals surface area contributed by atoms with Crippen LogP contribution in [0.25, 0.3) is 0 Å². The second-order valence-electron chi connectivity index (χ2n) is 3.85. The van der Waals surface area contributed by atoms with Crippen molar-refractivity contribution in [2.24, 2.45) is 0 Å². The molecule has 0 radical (unpaired) electrons. The number of aliphatic carboxylic acids is 1. The standard InChI is InChI=1S/C10H16F3N3O4/c11-10(12,13)3-1-2-4-14-9(20)16-5-7(17)15-6-8(18)19/h1-6H2,(H,15,17)(H,18,19)(H2,14,16,20). The fraction of sp³-hybridized carbons (Fsp3) is 0.700. The van der Waals surface area contributed by atoms with E-state index in [1.54, 1.807) is 0 Å². The highest BCUT2D eigenvalue weighted by Gasteiger charge is 2.25. The van der Waals surface area contributed by atoms with Gasteiger partial charge in [0, 0.05) is 13.0 Å². The monoisotopic (exact) mass is 299 g/mol. The molecule has 3 amide bonds. The Bertz CT molecular complexity index is 347. The third-order valence-electron chi connectivity index (χ3n) is 2.02. The van der Waals surface area contributed by atoms with Crippen LogP contribution in [0.2, 0.25) is 0 Å². The third-order valence-corrected chi connectivity index (χ3v) is 2.02. The number of nitrogens with one attached hydrogen (secondary N) is 3. The van der Waals surface area contributed by atoms with E-state index >= 15 is 0 Å². The lowest BCUT2D eigenvalue weighted by molar-refractivity contribution is -0.137. The zero-order chi connectivity index (χ0) is 15.6. The first kappa shape index (κ1) is 18.0. The van der Waals surface area contributed by atoms with Crippen molar-refractivity contribution in [2.45, 2.75) is 25.4 Å². The second-order valence-corrected chi connectivity index (χ2v) is 3.85. The smallest absolute Gasteiger partial charge is 0.389 e. The molecule has 0 fully saturated rings. The maximum absolute atomic E-state index is 11.8. The van der Waals surface area contributed by atoms with Crippen LogP contribution in [0.1, 0.15) is 19.3 Å². The molecule has 0 aromatic rings. The predicted octanol–water partition coefficient (Wildman–Crippen LogP) is 0.219. The molecule has 4 N–H and O–H groups in total. The van der Waals surface area contributed by atoms with Gasteiger partial charge >= 0.3 is 18.2 Å². The van der Waals surface area contributed by atoms with E-state index in [1.807, 2.05) is 5.32 Å². The topological polar surface area (TPSA) is 108 Å². The van der Waals surface area contributed by atoms with Gasteiger partial charge in [-0.15, -0.1) is 0 Å². The van der Waals surface area contributed by atoms with Crippen molar-refractivity contribution >= 4 is 17.9 Å². The predicted molar refractivity (Wildman–Crippen MR) is 62.0 cm³/mol. The summed E-state index contributed by atoms with van der Waals surface area (Å²) in [6.07, 6.45) is -5.04. The molecule has 10 heteroatoms. The Hall–Kier alpha value is -2.00. The van der Waals surface area contributed by atoms with Gasteiger partial charge in [-0.1, -0.05) is 0 Å². The molecular weight excluding hydrogens is 283 g/mol. The highest BCUT2D eigenvalue weighted by molar-refractivity contribution is 5.86. The number of urea groups is 1. The average molecular weight is 299 g/mol. The van der Waals surface area contributed by atoms with Crippen LogP contribution in [0.3, 0.4) is 0 Å². The minimum atomic E-state index is -4.20. The number of alkyl halides is 3. The first-order chi connectivity index (χ1) is 9.20. The summed E-state index contributed by atoms with van der Waals surface area (Å²) in [6.45, 7) is -0.917. The van der Waals surface area contributed by atoms with Crippen molar-refractivity contribution in [3.8, 4) is 0 Å². The molecule has 0 aromatic carbocycles. The summed E-state index contributed by atoms with van der Waals surface area (Å²) in [5.74, 6) is -1.90. The minimum Gasteiger partial charge on any atom is -0.480 e. The fourth-order valence-electron chi connectivity index (χ4n) is 1.11. The van der Waals surface area contributed by atoms with Gasteiger partial charge in [0.2, 0.25) is 5.91 Å². The largest absolute Gasteiger partial charge is 0.480 e. The summed E-state index contributed by atoms with van der Waals surface area (Å²) < 4.78 is 35.4. The molecule has 0 atom stereocenters. The van der Waals surface area contributed by atoms with Gasteiger partial charge in [0.1, 0.15) is 6.54 Å². The molecule has 0 heterocycles. The lowest BCUT2D eigenvalue weighted by atomic mass is 10.2. The third kappa shape index (κ3) is 12.5. The Morgan fingerprint density at radius 3 is 2.15 bits per heavy atom. The van der Waals surface area contributed by atoms with Crippen LogP contribution in [0, 0.1) is 0 Å². The summed E-state index contributed by atoms with van der Waals surface area (Å²) in [5.41, 5.74) is 0. The van der Waals surface area contributed by atoms with Crippen molar-refractivity contribution in [1.82, 2.24) is 16.0 Å². The number of amides is 3. The number of carboxylic acid groups (broad SMARTS) is 1. The van der Waals surface area contributed by atoms with Crippen molar-refractivity contribution in [3.63, 3.8) is 0 Å². The number of halogens is 3. The van der Waals surface area contributed by atoms with E-state index in [1.165, 1.54) is 0 Å². The summed E-state index contributed by atoms with van der Waals surface area (Å²) in [7, 11) is 0. The Kier molecular flexibility index (Phi) is 8.09. The van der Waals surface area contributed by atoms with Crippen molar-refractivity contribution < 1.29 is 32.7 Å². The Balaban J connectivity index is 3.54. The number of carbonyl (C=O) groups is 3. The van der Waals surface area contributed by atoms with Gasteiger partial charge in [-0.25, -0.2) is 4.79 Å². The lowest BCUT2D eigenvalue weighted by Gasteiger charge is -2.08. The maximum Gasteiger partial charge on any atom is 0.389 e. The van der Waals surface area contributed by atoms with E-state index in [0.717, 1.165) is 0 Å². The Labute approximate surface area is 112 Å². The van der Waals surface area contributed by atoms with Gasteiger partial charge in [-0.05, 0) is 12.8 Å². The van der Waals surface area contributed by atoms with Gasteiger partial charge in [0.15, 0.2) is 0 Å². The van der Waals surface area contributed by atoms with E-state index in [0.29, 0.717) is 0 Å². The maximum atomic E-state index is 11.8. The van der Waals surface area contributed by atoms with Gasteiger partial charge in [-0.3, -0.25) is 9.59 Å². The van der Waals surface area contributed by atoms with Crippen molar-refractivity contribution in [1.29, 1.82) is 0 Å². The first-order valence-electron chi connectivity index (χ1n) is 5.77. The molecule has 0 aliphatic rings. The fourth-order valence-corrected chi connectivity index (χ4v) is 1.11. The number of rotatable bonds is 8. The molecular formula is C10H16F3N3O4. The molecule has 0 aliphatic carbocycles. The molecule has 116 valence electrons. The molecule has 0 rings (SSSR count). The van der Waals surface area contributed by atoms with Crippen LogP contribution in [0.5, 0.6) is 0 Å². The van der Waals surface area contributed by atoms with Crippen LogP contribution in [0.4, 0.5) is 18.0 Å². The zero-order valence-electron chi connectivity index (χ0n) is 10.5. The normalized spacial score (nSPS) is 10.8. The summed E-state index contributed by atoms with van der Waals surface area (Å²) in [5, 5.41) is 14.7. The first-order valence-corrected chi connectivity index (χ1v) is 5.77. The number of hydrogen-bond donors (Lipinski definition) is 4. The number of hydrogen-bond acceptors (Lipinski definition) is 3. The lowest BCUT2D eigenvalue weighted by Crippen LogP contribution is -2.43. The van der Waals surface area contributed by atoms with E-state index in [2.05, 4.69) is 10.6 Å². The van der Waals surface area contributed by atoms with Crippen molar-refractivity contribution in [2.75, 3.05) is 19.6 Å². The molecule has 0 aromatic heterocycles. The quantitative estimate of drug-likeness (QED) is 0.481. The Morgan fingerprint density at radius 2 is 1.60 bits per heavy atom. The van der Waals surface area contributed by atoms with Gasteiger partial charge in [-0.2, -0.15) is 13.2 Å². The highest BCUT2D eigenvalue weighted by atomic mass is 19.4. The number of carboxylic acids is 1. The second kappa shape index (κ2) is 8.99. The molecule has 7 nitrogen and oxygen atoms in total. The molecule has 0 saturated heterocycles. The van der Waals surface area contributed by atoms with Crippen LogP contribution >= 0.6 is 0 Å². The Morgan fingerprint density at radius 1 is 0.950 bits per heavy atom. The van der Waals surface area contributed by atoms with Crippen molar-refractivity contribution in [3.05, 3.63) is 0 Å². The van der Waals surface area contributed by atoms with E-state index < -0.39 is 43.6 Å². The van der Waals surface area contributed by atoms with Gasteiger partial charge in [0.25, 0.3) is 0 Å². The van der Waals surface area contributed by atoms with E-state index in [4.69, 9.17) is 5.11 Å². The zero-order valence-corrected chi connectivity index (χ0v) is 10.5. The summed E-state index contributed by atoms with van der Waals surface area (Å²) in [6, 6.07) is -0.706. The molecule has 0 spiro atoms. The summed E-state index contributed by atoms with van der Waals surface area (Å²) in [4.78, 5) is 32.2. The number of unbranched alkanes of at least 4 members (excludes halogenated alkanes) is 1. The van der Waals surface area contributed by atoms with Gasteiger partial charge < -0.3 is 21.1 Å². The van der Waals surface area contributed by atoms with Crippen LogP contribution < -0.4 is 16.0 Å². The minimum absolute atomic E-state index is 0.0542. The molecule has 0 saturated carbocycles. The van der Waals surface area contributed by atoms with Gasteiger partial charge in [0.05, 0.1) is 6.54 Å². The SMILES string of the molecule is O=C(O)CNC(=O)CNC(=O)NCCCCC(F)(F)F. The van der Waals surface area contributed by atoms with Crippen LogP contribution in [-0.4, -0.2) is 48.8 Å². The van der Waals surface area contributed by atoms with Crippen LogP contribution in [0.15, 0.2) is 0 Å². The van der Waals surface area contributed by atoms with E-state index in [9.17, 15) is 27.6 Å². The molecule has 0 aliphatic heterocycles.